The normalized spacial score (nSPS) is 27.3. The van der Waals surface area contributed by atoms with Crippen molar-refractivity contribution in [2.45, 2.75) is 37.0 Å². The van der Waals surface area contributed by atoms with Crippen LogP contribution in [0.25, 0.3) is 0 Å². The van der Waals surface area contributed by atoms with Crippen LogP contribution in [0.4, 0.5) is 0 Å². The molecule has 19 heavy (non-hydrogen) atoms. The molecule has 0 spiro atoms. The van der Waals surface area contributed by atoms with Gasteiger partial charge in [-0.25, -0.2) is 4.98 Å². The smallest absolute Gasteiger partial charge is 0.0948 e. The zero-order valence-electron chi connectivity index (χ0n) is 11.6. The fourth-order valence-corrected chi connectivity index (χ4v) is 5.73. The average Bonchev–Trinajstić information content (AvgIpc) is 2.90. The highest BCUT2D eigenvalue weighted by molar-refractivity contribution is 8.06. The van der Waals surface area contributed by atoms with Crippen LogP contribution in [0.2, 0.25) is 0 Å². The van der Waals surface area contributed by atoms with E-state index >= 15 is 0 Å². The van der Waals surface area contributed by atoms with Crippen LogP contribution in [0.5, 0.6) is 0 Å². The van der Waals surface area contributed by atoms with E-state index in [1.807, 2.05) is 6.33 Å². The predicted molar refractivity (Wildman–Crippen MR) is 85.3 cm³/mol. The van der Waals surface area contributed by atoms with Crippen molar-refractivity contribution < 1.29 is 0 Å². The number of nitrogens with one attached hydrogen (secondary N) is 1. The van der Waals surface area contributed by atoms with Gasteiger partial charge in [0.25, 0.3) is 0 Å². The summed E-state index contributed by atoms with van der Waals surface area (Å²) >= 11 is 4.23. The van der Waals surface area contributed by atoms with Gasteiger partial charge in [0.1, 0.15) is 0 Å². The lowest BCUT2D eigenvalue weighted by Gasteiger charge is -2.35. The lowest BCUT2D eigenvalue weighted by Crippen LogP contribution is -2.39. The van der Waals surface area contributed by atoms with Gasteiger partial charge in [0.2, 0.25) is 0 Å². The van der Waals surface area contributed by atoms with Gasteiger partial charge in [0.15, 0.2) is 0 Å². The van der Waals surface area contributed by atoms with Gasteiger partial charge in [-0.05, 0) is 25.9 Å². The number of piperidine rings is 1. The first-order valence-electron chi connectivity index (χ1n) is 7.19. The molecular formula is C14H23N3S2. The molecule has 2 aliphatic rings. The Morgan fingerprint density at radius 2 is 2.26 bits per heavy atom. The molecule has 2 aliphatic heterocycles. The van der Waals surface area contributed by atoms with Crippen LogP contribution >= 0.6 is 23.5 Å². The summed E-state index contributed by atoms with van der Waals surface area (Å²) in [5.74, 6) is 3.92. The minimum absolute atomic E-state index is 0.314. The van der Waals surface area contributed by atoms with Crippen molar-refractivity contribution in [2.24, 2.45) is 0 Å². The standard InChI is InChI=1S/C14H23N3S2/c1-14(2-4-15-5-3-14)13-8-16-11-17(13)9-12-10-18-6-7-19-12/h8,11-12,15H,2-7,9-10H2,1H3. The van der Waals surface area contributed by atoms with E-state index in [4.69, 9.17) is 0 Å². The monoisotopic (exact) mass is 297 g/mol. The first-order chi connectivity index (χ1) is 9.28. The molecule has 0 amide bonds. The van der Waals surface area contributed by atoms with E-state index < -0.39 is 0 Å². The van der Waals surface area contributed by atoms with E-state index in [2.05, 4.69) is 51.5 Å². The maximum absolute atomic E-state index is 4.43. The molecule has 3 heterocycles. The molecule has 2 saturated heterocycles. The Balaban J connectivity index is 1.73. The molecule has 1 unspecified atom stereocenters. The maximum Gasteiger partial charge on any atom is 0.0948 e. The van der Waals surface area contributed by atoms with E-state index in [1.54, 1.807) is 0 Å². The van der Waals surface area contributed by atoms with Crippen molar-refractivity contribution in [3.8, 4) is 0 Å². The van der Waals surface area contributed by atoms with Crippen molar-refractivity contribution in [1.29, 1.82) is 0 Å². The third-order valence-electron chi connectivity index (χ3n) is 4.32. The molecule has 0 aliphatic carbocycles. The van der Waals surface area contributed by atoms with Gasteiger partial charge in [-0.2, -0.15) is 23.5 Å². The summed E-state index contributed by atoms with van der Waals surface area (Å²) in [6.45, 7) is 5.81. The number of imidazole rings is 1. The van der Waals surface area contributed by atoms with Crippen molar-refractivity contribution in [3.05, 3.63) is 18.2 Å². The van der Waals surface area contributed by atoms with Gasteiger partial charge in [-0.1, -0.05) is 6.92 Å². The highest BCUT2D eigenvalue weighted by atomic mass is 32.2. The van der Waals surface area contributed by atoms with Crippen LogP contribution in [0, 0.1) is 0 Å². The lowest BCUT2D eigenvalue weighted by molar-refractivity contribution is 0.317. The third kappa shape index (κ3) is 3.14. The van der Waals surface area contributed by atoms with Crippen molar-refractivity contribution in [1.82, 2.24) is 14.9 Å². The molecule has 1 N–H and O–H groups in total. The van der Waals surface area contributed by atoms with Gasteiger partial charge < -0.3 is 9.88 Å². The summed E-state index contributed by atoms with van der Waals surface area (Å²) in [5.41, 5.74) is 1.76. The zero-order valence-corrected chi connectivity index (χ0v) is 13.2. The molecular weight excluding hydrogens is 274 g/mol. The van der Waals surface area contributed by atoms with Crippen LogP contribution in [0.3, 0.4) is 0 Å². The van der Waals surface area contributed by atoms with E-state index in [0.717, 1.165) is 24.9 Å². The Labute approximate surface area is 124 Å². The van der Waals surface area contributed by atoms with E-state index in [-0.39, 0.29) is 0 Å². The quantitative estimate of drug-likeness (QED) is 0.928. The molecule has 0 saturated carbocycles. The Bertz CT molecular complexity index is 407. The molecule has 0 bridgehead atoms. The summed E-state index contributed by atoms with van der Waals surface area (Å²) in [7, 11) is 0. The molecule has 3 nitrogen and oxygen atoms in total. The second kappa shape index (κ2) is 6.10. The second-order valence-electron chi connectivity index (χ2n) is 5.81. The highest BCUT2D eigenvalue weighted by Gasteiger charge is 2.32. The molecule has 106 valence electrons. The molecule has 0 radical (unpaired) electrons. The lowest BCUT2D eigenvalue weighted by atomic mass is 9.78. The van der Waals surface area contributed by atoms with Gasteiger partial charge in [0, 0.05) is 46.4 Å². The van der Waals surface area contributed by atoms with Crippen molar-refractivity contribution >= 4 is 23.5 Å². The molecule has 0 aromatic carbocycles. The molecule has 1 aromatic rings. The number of aromatic nitrogens is 2. The third-order valence-corrected chi connectivity index (χ3v) is 7.15. The van der Waals surface area contributed by atoms with Gasteiger partial charge >= 0.3 is 0 Å². The Morgan fingerprint density at radius 1 is 1.42 bits per heavy atom. The summed E-state index contributed by atoms with van der Waals surface area (Å²) in [6.07, 6.45) is 6.60. The minimum atomic E-state index is 0.314. The number of hydrogen-bond acceptors (Lipinski definition) is 4. The summed E-state index contributed by atoms with van der Waals surface area (Å²) in [4.78, 5) is 4.43. The van der Waals surface area contributed by atoms with Crippen LogP contribution in [0.15, 0.2) is 12.5 Å². The second-order valence-corrected chi connectivity index (χ2v) is 8.37. The largest absolute Gasteiger partial charge is 0.333 e. The Morgan fingerprint density at radius 3 is 3.00 bits per heavy atom. The van der Waals surface area contributed by atoms with Crippen molar-refractivity contribution in [2.75, 3.05) is 30.3 Å². The van der Waals surface area contributed by atoms with Crippen LogP contribution in [0.1, 0.15) is 25.5 Å². The van der Waals surface area contributed by atoms with Gasteiger partial charge in [-0.3, -0.25) is 0 Å². The fourth-order valence-electron chi connectivity index (χ4n) is 3.06. The Hall–Kier alpha value is -0.130. The Kier molecular flexibility index (Phi) is 4.44. The molecule has 5 heteroatoms. The predicted octanol–water partition coefficient (Wildman–Crippen LogP) is 2.37. The maximum atomic E-state index is 4.43. The van der Waals surface area contributed by atoms with Gasteiger partial charge in [-0.15, -0.1) is 0 Å². The van der Waals surface area contributed by atoms with Crippen LogP contribution in [-0.4, -0.2) is 45.1 Å². The average molecular weight is 297 g/mol. The first-order valence-corrected chi connectivity index (χ1v) is 9.39. The number of hydrogen-bond donors (Lipinski definition) is 1. The van der Waals surface area contributed by atoms with E-state index in [0.29, 0.717) is 5.41 Å². The highest BCUT2D eigenvalue weighted by Crippen LogP contribution is 2.34. The van der Waals surface area contributed by atoms with Crippen LogP contribution < -0.4 is 5.32 Å². The van der Waals surface area contributed by atoms with E-state index in [1.165, 1.54) is 35.8 Å². The summed E-state index contributed by atoms with van der Waals surface area (Å²) in [6, 6.07) is 0. The molecule has 2 fully saturated rings. The fraction of sp³-hybridized carbons (Fsp3) is 0.786. The SMILES string of the molecule is CC1(c2cncn2CC2CSCCS2)CCNCC1. The number of nitrogens with zero attached hydrogens (tertiary/aromatic N) is 2. The van der Waals surface area contributed by atoms with Crippen molar-refractivity contribution in [3.63, 3.8) is 0 Å². The van der Waals surface area contributed by atoms with Gasteiger partial charge in [0.05, 0.1) is 6.33 Å². The first kappa shape index (κ1) is 13.8. The summed E-state index contributed by atoms with van der Waals surface area (Å²) in [5, 5.41) is 4.23. The zero-order chi connectivity index (χ0) is 13.1. The number of rotatable bonds is 3. The topological polar surface area (TPSA) is 29.9 Å². The van der Waals surface area contributed by atoms with E-state index in [9.17, 15) is 0 Å². The number of thioether (sulfide) groups is 2. The molecule has 1 aromatic heterocycles. The molecule has 1 atom stereocenters. The minimum Gasteiger partial charge on any atom is -0.333 e. The molecule has 3 rings (SSSR count). The summed E-state index contributed by atoms with van der Waals surface area (Å²) < 4.78 is 2.43. The van der Waals surface area contributed by atoms with Crippen LogP contribution in [-0.2, 0) is 12.0 Å².